The van der Waals surface area contributed by atoms with Gasteiger partial charge in [0.05, 0.1) is 6.61 Å². The number of rotatable bonds is 9. The van der Waals surface area contributed by atoms with Crippen LogP contribution in [0.25, 0.3) is 0 Å². The average Bonchev–Trinajstić information content (AvgIpc) is 2.71. The van der Waals surface area contributed by atoms with Crippen molar-refractivity contribution in [1.29, 1.82) is 5.41 Å². The lowest BCUT2D eigenvalue weighted by Crippen LogP contribution is -2.51. The van der Waals surface area contributed by atoms with E-state index >= 15 is 0 Å². The topological polar surface area (TPSA) is 65.6 Å². The quantitative estimate of drug-likeness (QED) is 0.347. The summed E-state index contributed by atoms with van der Waals surface area (Å²) >= 11 is 0. The fourth-order valence-corrected chi connectivity index (χ4v) is 3.65. The molecular weight excluding hydrogens is 381 g/mol. The van der Waals surface area contributed by atoms with Gasteiger partial charge in [0.1, 0.15) is 5.75 Å². The Balaban J connectivity index is 2.02. The highest BCUT2D eigenvalue weighted by Crippen LogP contribution is 2.26. The number of anilines is 1. The number of nitrogens with one attached hydrogen (secondary N) is 1. The van der Waals surface area contributed by atoms with E-state index in [2.05, 4.69) is 11.8 Å². The Bertz CT molecular complexity index is 621. The molecule has 0 radical (unpaired) electrons. The van der Waals surface area contributed by atoms with Crippen molar-refractivity contribution in [2.45, 2.75) is 64.1 Å². The van der Waals surface area contributed by atoms with Crippen LogP contribution in [0.2, 0.25) is 0 Å². The molecule has 0 saturated carbocycles. The van der Waals surface area contributed by atoms with Gasteiger partial charge in [0, 0.05) is 31.2 Å². The largest absolute Gasteiger partial charge is 0.494 e. The van der Waals surface area contributed by atoms with Crippen molar-refractivity contribution in [3.05, 3.63) is 24.3 Å². The molecule has 1 aliphatic rings. The van der Waals surface area contributed by atoms with Crippen molar-refractivity contribution >= 4 is 11.6 Å². The molecule has 1 aliphatic heterocycles. The molecule has 1 aromatic rings. The van der Waals surface area contributed by atoms with Gasteiger partial charge in [-0.05, 0) is 69.3 Å². The number of ether oxygens (including phenoxy) is 1. The molecule has 29 heavy (non-hydrogen) atoms. The Morgan fingerprint density at radius 3 is 2.59 bits per heavy atom. The van der Waals surface area contributed by atoms with Gasteiger partial charge >= 0.3 is 6.18 Å². The highest BCUT2D eigenvalue weighted by molar-refractivity contribution is 5.94. The van der Waals surface area contributed by atoms with Crippen LogP contribution >= 0.6 is 0 Å². The lowest BCUT2D eigenvalue weighted by atomic mass is 10.0. The van der Waals surface area contributed by atoms with Gasteiger partial charge in [0.25, 0.3) is 0 Å². The van der Waals surface area contributed by atoms with Gasteiger partial charge in [-0.15, -0.1) is 0 Å². The standard InChI is InChI=1S/C21H33F3N4O/c1-2-17-7-3-4-14-27(17)20(26)28(15-6-13-25)18-8-10-19(11-9-18)29-16-5-12-21(22,23)24/h8-11,17,26H,2-7,12-16,25H2,1H3. The van der Waals surface area contributed by atoms with Crippen LogP contribution in [0.4, 0.5) is 18.9 Å². The van der Waals surface area contributed by atoms with E-state index in [-0.39, 0.29) is 13.0 Å². The molecule has 1 heterocycles. The number of nitrogens with zero attached hydrogens (tertiary/aromatic N) is 2. The highest BCUT2D eigenvalue weighted by atomic mass is 19.4. The van der Waals surface area contributed by atoms with E-state index in [1.807, 2.05) is 17.0 Å². The number of nitrogens with two attached hydrogens (primary N) is 1. The zero-order valence-corrected chi connectivity index (χ0v) is 17.2. The molecule has 0 aromatic heterocycles. The van der Waals surface area contributed by atoms with Crippen molar-refractivity contribution in [2.24, 2.45) is 5.73 Å². The molecule has 164 valence electrons. The fourth-order valence-electron chi connectivity index (χ4n) is 3.65. The van der Waals surface area contributed by atoms with E-state index in [4.69, 9.17) is 15.9 Å². The van der Waals surface area contributed by atoms with Crippen LogP contribution in [0.3, 0.4) is 0 Å². The molecule has 1 fully saturated rings. The van der Waals surface area contributed by atoms with Gasteiger partial charge in [-0.1, -0.05) is 6.92 Å². The number of guanidine groups is 1. The number of hydrogen-bond acceptors (Lipinski definition) is 3. The van der Waals surface area contributed by atoms with E-state index in [9.17, 15) is 13.2 Å². The summed E-state index contributed by atoms with van der Waals surface area (Å²) in [5, 5.41) is 8.81. The smallest absolute Gasteiger partial charge is 0.389 e. The van der Waals surface area contributed by atoms with Crippen LogP contribution < -0.4 is 15.4 Å². The van der Waals surface area contributed by atoms with Crippen molar-refractivity contribution in [1.82, 2.24) is 4.90 Å². The number of alkyl halides is 3. The average molecular weight is 415 g/mol. The predicted octanol–water partition coefficient (Wildman–Crippen LogP) is 4.76. The Morgan fingerprint density at radius 2 is 1.97 bits per heavy atom. The van der Waals surface area contributed by atoms with Gasteiger partial charge in [-0.3, -0.25) is 5.41 Å². The van der Waals surface area contributed by atoms with Crippen molar-refractivity contribution in [2.75, 3.05) is 31.1 Å². The van der Waals surface area contributed by atoms with Crippen molar-refractivity contribution in [3.63, 3.8) is 0 Å². The summed E-state index contributed by atoms with van der Waals surface area (Å²) in [6.45, 7) is 4.26. The van der Waals surface area contributed by atoms with Gasteiger partial charge < -0.3 is 20.3 Å². The first-order valence-electron chi connectivity index (χ1n) is 10.5. The second-order valence-electron chi connectivity index (χ2n) is 7.43. The van der Waals surface area contributed by atoms with Crippen molar-refractivity contribution < 1.29 is 17.9 Å². The van der Waals surface area contributed by atoms with Crippen LogP contribution in [0.15, 0.2) is 24.3 Å². The van der Waals surface area contributed by atoms with Gasteiger partial charge in [0.15, 0.2) is 5.96 Å². The fraction of sp³-hybridized carbons (Fsp3) is 0.667. The maximum absolute atomic E-state index is 12.2. The molecule has 0 amide bonds. The molecule has 5 nitrogen and oxygen atoms in total. The third-order valence-electron chi connectivity index (χ3n) is 5.23. The van der Waals surface area contributed by atoms with E-state index in [1.54, 1.807) is 12.1 Å². The molecule has 1 unspecified atom stereocenters. The molecule has 0 bridgehead atoms. The van der Waals surface area contributed by atoms with Crippen LogP contribution in [0.5, 0.6) is 5.75 Å². The van der Waals surface area contributed by atoms with Gasteiger partial charge in [0.2, 0.25) is 0 Å². The molecule has 0 aliphatic carbocycles. The SMILES string of the molecule is CCC1CCCCN1C(=N)N(CCCN)c1ccc(OCCCC(F)(F)F)cc1. The number of halogens is 3. The second-order valence-corrected chi connectivity index (χ2v) is 7.43. The number of piperidine rings is 1. The molecule has 8 heteroatoms. The summed E-state index contributed by atoms with van der Waals surface area (Å²) in [5.41, 5.74) is 6.57. The third-order valence-corrected chi connectivity index (χ3v) is 5.23. The molecular formula is C21H33F3N4O. The Kier molecular flexibility index (Phi) is 9.07. The maximum atomic E-state index is 12.2. The summed E-state index contributed by atoms with van der Waals surface area (Å²) in [5.74, 6) is 1.02. The molecule has 1 aromatic carbocycles. The second kappa shape index (κ2) is 11.3. The third kappa shape index (κ3) is 7.42. The highest BCUT2D eigenvalue weighted by Gasteiger charge is 2.27. The van der Waals surface area contributed by atoms with Crippen LogP contribution in [-0.4, -0.2) is 49.3 Å². The van der Waals surface area contributed by atoms with E-state index < -0.39 is 12.6 Å². The minimum absolute atomic E-state index is 0.0253. The van der Waals surface area contributed by atoms with E-state index in [1.165, 1.54) is 6.42 Å². The lowest BCUT2D eigenvalue weighted by Gasteiger charge is -2.41. The minimum Gasteiger partial charge on any atom is -0.494 e. The van der Waals surface area contributed by atoms with Crippen LogP contribution in [0.1, 0.15) is 51.9 Å². The predicted molar refractivity (Wildman–Crippen MR) is 111 cm³/mol. The van der Waals surface area contributed by atoms with Crippen molar-refractivity contribution in [3.8, 4) is 5.75 Å². The van der Waals surface area contributed by atoms with E-state index in [0.717, 1.165) is 37.9 Å². The zero-order valence-electron chi connectivity index (χ0n) is 17.2. The molecule has 0 spiro atoms. The first-order valence-corrected chi connectivity index (χ1v) is 10.5. The monoisotopic (exact) mass is 414 g/mol. The van der Waals surface area contributed by atoms with Gasteiger partial charge in [-0.2, -0.15) is 13.2 Å². The number of benzene rings is 1. The lowest BCUT2D eigenvalue weighted by molar-refractivity contribution is -0.136. The summed E-state index contributed by atoms with van der Waals surface area (Å²) in [4.78, 5) is 4.15. The minimum atomic E-state index is -4.15. The molecule has 3 N–H and O–H groups in total. The zero-order chi connectivity index (χ0) is 21.3. The van der Waals surface area contributed by atoms with Crippen LogP contribution in [-0.2, 0) is 0 Å². The normalized spacial score (nSPS) is 17.3. The summed E-state index contributed by atoms with van der Waals surface area (Å²) in [6, 6.07) is 7.59. The molecule has 1 saturated heterocycles. The van der Waals surface area contributed by atoms with E-state index in [0.29, 0.717) is 30.8 Å². The van der Waals surface area contributed by atoms with Gasteiger partial charge in [-0.25, -0.2) is 0 Å². The maximum Gasteiger partial charge on any atom is 0.389 e. The first-order chi connectivity index (χ1) is 13.9. The summed E-state index contributed by atoms with van der Waals surface area (Å²) < 4.78 is 42.1. The van der Waals surface area contributed by atoms with Crippen LogP contribution in [0, 0.1) is 5.41 Å². The Labute approximate surface area is 171 Å². The summed E-state index contributed by atoms with van der Waals surface area (Å²) in [6.07, 6.45) is 0.117. The number of likely N-dealkylation sites (tertiary alicyclic amines) is 1. The molecule has 1 atom stereocenters. The summed E-state index contributed by atoms with van der Waals surface area (Å²) in [7, 11) is 0. The molecule has 2 rings (SSSR count). The number of hydrogen-bond donors (Lipinski definition) is 2. The Hall–Kier alpha value is -1.96. The first kappa shape index (κ1) is 23.3. The Morgan fingerprint density at radius 1 is 1.24 bits per heavy atom.